The smallest absolute Gasteiger partial charge is 0.309 e. The second-order valence-electron chi connectivity index (χ2n) is 8.50. The zero-order valence-corrected chi connectivity index (χ0v) is 15.1. The number of esters is 2. The molecule has 4 aliphatic carbocycles. The molecule has 0 amide bonds. The molecule has 4 bridgehead atoms. The number of carbonyl (C=O) groups is 2. The molecule has 4 nitrogen and oxygen atoms in total. The van der Waals surface area contributed by atoms with Crippen LogP contribution in [0.15, 0.2) is 24.3 Å². The number of carbonyl (C=O) groups excluding carboxylic acids is 2. The summed E-state index contributed by atoms with van der Waals surface area (Å²) in [7, 11) is 0. The van der Waals surface area contributed by atoms with E-state index in [-0.39, 0.29) is 36.0 Å². The number of fused-ring (bicyclic) bond motifs is 4. The molecule has 4 heteroatoms. The summed E-state index contributed by atoms with van der Waals surface area (Å²) in [6, 6.07) is 0. The lowest BCUT2D eigenvalue weighted by Crippen LogP contribution is -2.30. The summed E-state index contributed by atoms with van der Waals surface area (Å²) in [4.78, 5) is 24.7. The summed E-state index contributed by atoms with van der Waals surface area (Å²) < 4.78 is 11.3. The summed E-state index contributed by atoms with van der Waals surface area (Å²) in [6.07, 6.45) is 12.9. The fourth-order valence-corrected chi connectivity index (χ4v) is 5.24. The molecule has 2 saturated carbocycles. The van der Waals surface area contributed by atoms with Crippen LogP contribution in [0, 0.1) is 35.5 Å². The Labute approximate surface area is 149 Å². The van der Waals surface area contributed by atoms with Gasteiger partial charge in [0.2, 0.25) is 0 Å². The van der Waals surface area contributed by atoms with Crippen molar-refractivity contribution in [3.63, 3.8) is 0 Å². The van der Waals surface area contributed by atoms with Crippen molar-refractivity contribution in [3.05, 3.63) is 24.3 Å². The maximum atomic E-state index is 12.4. The molecule has 8 atom stereocenters. The third-order valence-corrected chi connectivity index (χ3v) is 6.46. The highest BCUT2D eigenvalue weighted by Gasteiger charge is 2.42. The molecule has 8 unspecified atom stereocenters. The minimum Gasteiger partial charge on any atom is -0.462 e. The standard InChI is InChI=1S/C21H28O4/c1-12(24-20(22)18-10-14-3-5-16(18)8-14)7-13(2)25-21(23)19-11-15-4-6-17(19)9-15/h3-6,12-19H,7-11H2,1-2H3. The normalized spacial score (nSPS) is 39.6. The molecule has 4 rings (SSSR count). The van der Waals surface area contributed by atoms with E-state index in [2.05, 4.69) is 24.3 Å². The Hall–Kier alpha value is -1.58. The Morgan fingerprint density at radius 2 is 1.24 bits per heavy atom. The van der Waals surface area contributed by atoms with E-state index in [1.54, 1.807) is 0 Å². The zero-order valence-electron chi connectivity index (χ0n) is 15.1. The van der Waals surface area contributed by atoms with E-state index >= 15 is 0 Å². The average Bonchev–Trinajstić information content (AvgIpc) is 3.34. The van der Waals surface area contributed by atoms with E-state index in [0.29, 0.717) is 30.1 Å². The number of ether oxygens (including phenoxy) is 2. The van der Waals surface area contributed by atoms with Gasteiger partial charge in [-0.2, -0.15) is 0 Å². The lowest BCUT2D eigenvalue weighted by molar-refractivity contribution is -0.160. The number of rotatable bonds is 6. The van der Waals surface area contributed by atoms with Crippen LogP contribution in [0.25, 0.3) is 0 Å². The molecule has 0 radical (unpaired) electrons. The van der Waals surface area contributed by atoms with E-state index in [1.165, 1.54) is 0 Å². The fraction of sp³-hybridized carbons (Fsp3) is 0.714. The summed E-state index contributed by atoms with van der Waals surface area (Å²) in [5.41, 5.74) is 0. The summed E-state index contributed by atoms with van der Waals surface area (Å²) in [6.45, 7) is 3.79. The lowest BCUT2D eigenvalue weighted by Gasteiger charge is -2.24. The van der Waals surface area contributed by atoms with Gasteiger partial charge in [-0.25, -0.2) is 0 Å². The van der Waals surface area contributed by atoms with Crippen molar-refractivity contribution in [3.8, 4) is 0 Å². The van der Waals surface area contributed by atoms with Crippen molar-refractivity contribution in [2.75, 3.05) is 0 Å². The molecule has 0 aromatic carbocycles. The lowest BCUT2D eigenvalue weighted by atomic mass is 9.93. The molecule has 0 heterocycles. The molecule has 0 aliphatic heterocycles. The van der Waals surface area contributed by atoms with Gasteiger partial charge >= 0.3 is 11.9 Å². The molecular weight excluding hydrogens is 316 g/mol. The van der Waals surface area contributed by atoms with Gasteiger partial charge in [-0.3, -0.25) is 9.59 Å². The molecule has 0 aromatic heterocycles. The van der Waals surface area contributed by atoms with Crippen LogP contribution in [0.2, 0.25) is 0 Å². The maximum absolute atomic E-state index is 12.4. The van der Waals surface area contributed by atoms with Crippen LogP contribution in [0.5, 0.6) is 0 Å². The van der Waals surface area contributed by atoms with Crippen LogP contribution in [-0.2, 0) is 19.1 Å². The predicted octanol–water partition coefficient (Wildman–Crippen LogP) is 3.66. The van der Waals surface area contributed by atoms with E-state index in [4.69, 9.17) is 9.47 Å². The second kappa shape index (κ2) is 6.62. The van der Waals surface area contributed by atoms with Crippen LogP contribution in [0.3, 0.4) is 0 Å². The topological polar surface area (TPSA) is 52.6 Å². The Kier molecular flexibility index (Phi) is 4.47. The third kappa shape index (κ3) is 3.40. The minimum absolute atomic E-state index is 0.0242. The summed E-state index contributed by atoms with van der Waals surface area (Å²) in [5, 5.41) is 0. The SMILES string of the molecule is CC(CC(C)OC(=O)C1CC2C=CC1C2)OC(=O)C1CC2C=CC1C2. The van der Waals surface area contributed by atoms with Gasteiger partial charge in [0.1, 0.15) is 12.2 Å². The number of allylic oxidation sites excluding steroid dienone is 4. The molecule has 0 N–H and O–H groups in total. The molecule has 2 fully saturated rings. The fourth-order valence-electron chi connectivity index (χ4n) is 5.24. The Morgan fingerprint density at radius 3 is 1.56 bits per heavy atom. The highest BCUT2D eigenvalue weighted by Crippen LogP contribution is 2.45. The van der Waals surface area contributed by atoms with Gasteiger partial charge in [-0.1, -0.05) is 24.3 Å². The van der Waals surface area contributed by atoms with Crippen molar-refractivity contribution in [1.82, 2.24) is 0 Å². The third-order valence-electron chi connectivity index (χ3n) is 6.46. The Bertz CT molecular complexity index is 555. The zero-order chi connectivity index (χ0) is 17.6. The first-order valence-electron chi connectivity index (χ1n) is 9.77. The summed E-state index contributed by atoms with van der Waals surface area (Å²) in [5.74, 6) is 1.74. The van der Waals surface area contributed by atoms with Gasteiger partial charge in [0.25, 0.3) is 0 Å². The quantitative estimate of drug-likeness (QED) is 0.545. The van der Waals surface area contributed by atoms with E-state index in [0.717, 1.165) is 25.7 Å². The van der Waals surface area contributed by atoms with Gasteiger partial charge in [-0.05, 0) is 63.2 Å². The average molecular weight is 344 g/mol. The minimum atomic E-state index is -0.224. The van der Waals surface area contributed by atoms with Gasteiger partial charge in [0, 0.05) is 6.42 Å². The molecule has 136 valence electrons. The van der Waals surface area contributed by atoms with Crippen LogP contribution < -0.4 is 0 Å². The van der Waals surface area contributed by atoms with E-state index < -0.39 is 0 Å². The molecule has 4 aliphatic rings. The first kappa shape index (κ1) is 16.9. The molecule has 0 spiro atoms. The highest BCUT2D eigenvalue weighted by molar-refractivity contribution is 5.75. The van der Waals surface area contributed by atoms with Crippen LogP contribution in [0.4, 0.5) is 0 Å². The highest BCUT2D eigenvalue weighted by atomic mass is 16.6. The van der Waals surface area contributed by atoms with Crippen LogP contribution in [0.1, 0.15) is 46.0 Å². The molecule has 0 aromatic rings. The maximum Gasteiger partial charge on any atom is 0.309 e. The predicted molar refractivity (Wildman–Crippen MR) is 93.4 cm³/mol. The molecule has 0 saturated heterocycles. The van der Waals surface area contributed by atoms with Crippen molar-refractivity contribution in [1.29, 1.82) is 0 Å². The van der Waals surface area contributed by atoms with Crippen LogP contribution >= 0.6 is 0 Å². The Morgan fingerprint density at radius 1 is 0.800 bits per heavy atom. The van der Waals surface area contributed by atoms with E-state index in [1.807, 2.05) is 13.8 Å². The van der Waals surface area contributed by atoms with Crippen molar-refractivity contribution < 1.29 is 19.1 Å². The molecule has 25 heavy (non-hydrogen) atoms. The van der Waals surface area contributed by atoms with Gasteiger partial charge in [0.05, 0.1) is 11.8 Å². The number of hydrogen-bond acceptors (Lipinski definition) is 4. The first-order valence-corrected chi connectivity index (χ1v) is 9.77. The Balaban J connectivity index is 1.21. The summed E-state index contributed by atoms with van der Waals surface area (Å²) >= 11 is 0. The van der Waals surface area contributed by atoms with Gasteiger partial charge in [-0.15, -0.1) is 0 Å². The second-order valence-corrected chi connectivity index (χ2v) is 8.50. The first-order chi connectivity index (χ1) is 12.0. The number of hydrogen-bond donors (Lipinski definition) is 0. The van der Waals surface area contributed by atoms with Crippen molar-refractivity contribution in [2.24, 2.45) is 35.5 Å². The van der Waals surface area contributed by atoms with E-state index in [9.17, 15) is 9.59 Å². The van der Waals surface area contributed by atoms with Crippen molar-refractivity contribution in [2.45, 2.75) is 58.2 Å². The van der Waals surface area contributed by atoms with Crippen molar-refractivity contribution >= 4 is 11.9 Å². The van der Waals surface area contributed by atoms with Gasteiger partial charge < -0.3 is 9.47 Å². The monoisotopic (exact) mass is 344 g/mol. The van der Waals surface area contributed by atoms with Crippen LogP contribution in [-0.4, -0.2) is 24.1 Å². The largest absolute Gasteiger partial charge is 0.462 e. The van der Waals surface area contributed by atoms with Gasteiger partial charge in [0.15, 0.2) is 0 Å². The molecular formula is C21H28O4.